The second kappa shape index (κ2) is 5.55. The van der Waals surface area contributed by atoms with Crippen LogP contribution in [0, 0.1) is 0 Å². The Bertz CT molecular complexity index is 175. The van der Waals surface area contributed by atoms with E-state index in [1.807, 2.05) is 0 Å². The molecule has 3 nitrogen and oxygen atoms in total. The molecule has 68 valence electrons. The number of primary sulfonamides is 1. The fraction of sp³-hybridized carbons (Fsp3) is 1.00. The Morgan fingerprint density at radius 2 is 1.64 bits per heavy atom. The van der Waals surface area contributed by atoms with Gasteiger partial charge in [-0.15, -0.1) is 0 Å². The first-order valence-electron chi connectivity index (χ1n) is 4.06. The highest BCUT2D eigenvalue weighted by Crippen LogP contribution is 2.02. The third-order valence-corrected chi connectivity index (χ3v) is 2.39. The minimum atomic E-state index is -3.21. The van der Waals surface area contributed by atoms with Gasteiger partial charge >= 0.3 is 0 Å². The van der Waals surface area contributed by atoms with Gasteiger partial charge < -0.3 is 0 Å². The van der Waals surface area contributed by atoms with Crippen LogP contribution in [0.1, 0.15) is 39.0 Å². The van der Waals surface area contributed by atoms with Crippen LogP contribution in [0.25, 0.3) is 0 Å². The molecule has 0 radical (unpaired) electrons. The van der Waals surface area contributed by atoms with Crippen molar-refractivity contribution in [3.63, 3.8) is 0 Å². The topological polar surface area (TPSA) is 60.2 Å². The normalized spacial score (nSPS) is 11.8. The molecule has 0 saturated heterocycles. The summed E-state index contributed by atoms with van der Waals surface area (Å²) in [6, 6.07) is 0. The van der Waals surface area contributed by atoms with Gasteiger partial charge in [-0.2, -0.15) is 0 Å². The van der Waals surface area contributed by atoms with Crippen molar-refractivity contribution in [3.8, 4) is 0 Å². The molecule has 4 heteroatoms. The number of hydrogen-bond donors (Lipinski definition) is 1. The molecule has 0 amide bonds. The van der Waals surface area contributed by atoms with Crippen molar-refractivity contribution in [3.05, 3.63) is 0 Å². The summed E-state index contributed by atoms with van der Waals surface area (Å²) in [5, 5.41) is 4.82. The molecule has 11 heavy (non-hydrogen) atoms. The summed E-state index contributed by atoms with van der Waals surface area (Å²) >= 11 is 0. The van der Waals surface area contributed by atoms with Crippen LogP contribution in [0.2, 0.25) is 0 Å². The van der Waals surface area contributed by atoms with Crippen molar-refractivity contribution in [2.45, 2.75) is 39.0 Å². The first-order valence-corrected chi connectivity index (χ1v) is 5.78. The van der Waals surface area contributed by atoms with Crippen molar-refractivity contribution >= 4 is 10.0 Å². The molecule has 0 aromatic rings. The van der Waals surface area contributed by atoms with Gasteiger partial charge in [0.15, 0.2) is 0 Å². The predicted molar refractivity (Wildman–Crippen MR) is 46.7 cm³/mol. The molecule has 0 saturated carbocycles. The number of hydrogen-bond acceptors (Lipinski definition) is 2. The quantitative estimate of drug-likeness (QED) is 0.624. The minimum Gasteiger partial charge on any atom is -0.229 e. The van der Waals surface area contributed by atoms with E-state index in [9.17, 15) is 8.42 Å². The molecule has 0 atom stereocenters. The lowest BCUT2D eigenvalue weighted by molar-refractivity contribution is 0.588. The van der Waals surface area contributed by atoms with Crippen LogP contribution < -0.4 is 5.14 Å². The van der Waals surface area contributed by atoms with Gasteiger partial charge in [-0.3, -0.25) is 0 Å². The molecule has 0 aliphatic rings. The lowest BCUT2D eigenvalue weighted by Gasteiger charge is -1.97. The molecule has 0 unspecified atom stereocenters. The molecule has 0 aromatic carbocycles. The number of sulfonamides is 1. The maximum atomic E-state index is 10.4. The van der Waals surface area contributed by atoms with Gasteiger partial charge in [-0.05, 0) is 6.42 Å². The molecule has 0 rings (SSSR count). The summed E-state index contributed by atoms with van der Waals surface area (Å²) < 4.78 is 20.9. The Balaban J connectivity index is 3.16. The van der Waals surface area contributed by atoms with Crippen molar-refractivity contribution < 1.29 is 8.42 Å². The van der Waals surface area contributed by atoms with E-state index in [0.29, 0.717) is 6.42 Å². The van der Waals surface area contributed by atoms with Crippen LogP contribution in [0.5, 0.6) is 0 Å². The summed E-state index contributed by atoms with van der Waals surface area (Å²) in [5.74, 6) is 0.136. The Labute approximate surface area is 69.0 Å². The molecular weight excluding hydrogens is 162 g/mol. The van der Waals surface area contributed by atoms with Gasteiger partial charge in [0.05, 0.1) is 5.75 Å². The molecule has 0 heterocycles. The highest BCUT2D eigenvalue weighted by atomic mass is 32.2. The molecule has 0 fully saturated rings. The number of rotatable bonds is 6. The Morgan fingerprint density at radius 1 is 1.09 bits per heavy atom. The van der Waals surface area contributed by atoms with Crippen LogP contribution in [0.3, 0.4) is 0 Å². The molecule has 2 N–H and O–H groups in total. The maximum Gasteiger partial charge on any atom is 0.209 e. The SMILES string of the molecule is CCCCCCCS(N)(=O)=O. The van der Waals surface area contributed by atoms with Crippen molar-refractivity contribution in [2.75, 3.05) is 5.75 Å². The zero-order chi connectivity index (χ0) is 8.74. The van der Waals surface area contributed by atoms with Gasteiger partial charge in [0.2, 0.25) is 10.0 Å². The lowest BCUT2D eigenvalue weighted by atomic mass is 10.2. The van der Waals surface area contributed by atoms with Gasteiger partial charge in [-0.1, -0.05) is 32.6 Å². The fourth-order valence-electron chi connectivity index (χ4n) is 0.907. The van der Waals surface area contributed by atoms with Crippen LogP contribution in [-0.4, -0.2) is 14.2 Å². The van der Waals surface area contributed by atoms with E-state index in [1.165, 1.54) is 12.8 Å². The average Bonchev–Trinajstić information content (AvgIpc) is 1.85. The van der Waals surface area contributed by atoms with E-state index in [1.54, 1.807) is 0 Å². The summed E-state index contributed by atoms with van der Waals surface area (Å²) in [6.07, 6.45) is 5.16. The van der Waals surface area contributed by atoms with Crippen LogP contribution >= 0.6 is 0 Å². The summed E-state index contributed by atoms with van der Waals surface area (Å²) in [5.41, 5.74) is 0. The Kier molecular flexibility index (Phi) is 5.50. The minimum absolute atomic E-state index is 0.136. The van der Waals surface area contributed by atoms with Crippen LogP contribution in [0.15, 0.2) is 0 Å². The summed E-state index contributed by atoms with van der Waals surface area (Å²) in [7, 11) is -3.21. The lowest BCUT2D eigenvalue weighted by Crippen LogP contribution is -2.16. The molecule has 0 aliphatic heterocycles. The van der Waals surface area contributed by atoms with Crippen LogP contribution in [-0.2, 0) is 10.0 Å². The summed E-state index contributed by atoms with van der Waals surface area (Å²) in [6.45, 7) is 2.12. The highest BCUT2D eigenvalue weighted by molar-refractivity contribution is 7.89. The van der Waals surface area contributed by atoms with E-state index in [2.05, 4.69) is 6.92 Å². The second-order valence-electron chi connectivity index (χ2n) is 2.78. The molecule has 0 aliphatic carbocycles. The summed E-state index contributed by atoms with van der Waals surface area (Å²) in [4.78, 5) is 0. The van der Waals surface area contributed by atoms with E-state index < -0.39 is 10.0 Å². The Hall–Kier alpha value is -0.0900. The maximum absolute atomic E-state index is 10.4. The molecular formula is C7H17NO2S. The third-order valence-electron chi connectivity index (χ3n) is 1.53. The predicted octanol–water partition coefficient (Wildman–Crippen LogP) is 1.25. The van der Waals surface area contributed by atoms with Gasteiger partial charge in [0.25, 0.3) is 0 Å². The van der Waals surface area contributed by atoms with Crippen molar-refractivity contribution in [2.24, 2.45) is 5.14 Å². The molecule has 0 bridgehead atoms. The zero-order valence-corrected chi connectivity index (χ0v) is 7.86. The van der Waals surface area contributed by atoms with Crippen molar-refractivity contribution in [1.82, 2.24) is 0 Å². The molecule has 0 spiro atoms. The largest absolute Gasteiger partial charge is 0.229 e. The first kappa shape index (κ1) is 10.9. The highest BCUT2D eigenvalue weighted by Gasteiger charge is 2.00. The average molecular weight is 179 g/mol. The number of nitrogens with two attached hydrogens (primary N) is 1. The smallest absolute Gasteiger partial charge is 0.209 e. The van der Waals surface area contributed by atoms with Crippen molar-refractivity contribution in [1.29, 1.82) is 0 Å². The third kappa shape index (κ3) is 9.91. The van der Waals surface area contributed by atoms with Gasteiger partial charge in [0, 0.05) is 0 Å². The van der Waals surface area contributed by atoms with Gasteiger partial charge in [-0.25, -0.2) is 13.6 Å². The Morgan fingerprint density at radius 3 is 2.09 bits per heavy atom. The monoisotopic (exact) mass is 179 g/mol. The zero-order valence-electron chi connectivity index (χ0n) is 7.04. The molecule has 0 aromatic heterocycles. The van der Waals surface area contributed by atoms with Crippen LogP contribution in [0.4, 0.5) is 0 Å². The fourth-order valence-corrected chi connectivity index (χ4v) is 1.51. The van der Waals surface area contributed by atoms with E-state index in [4.69, 9.17) is 5.14 Å². The van der Waals surface area contributed by atoms with E-state index in [0.717, 1.165) is 12.8 Å². The van der Waals surface area contributed by atoms with E-state index in [-0.39, 0.29) is 5.75 Å². The first-order chi connectivity index (χ1) is 5.06. The standard InChI is InChI=1S/C7H17NO2S/c1-2-3-4-5-6-7-11(8,9)10/h2-7H2,1H3,(H2,8,9,10). The number of unbranched alkanes of at least 4 members (excludes halogenated alkanes) is 4. The second-order valence-corrected chi connectivity index (χ2v) is 4.52. The van der Waals surface area contributed by atoms with E-state index >= 15 is 0 Å². The van der Waals surface area contributed by atoms with Gasteiger partial charge in [0.1, 0.15) is 0 Å².